The number of hydrogen-bond donors (Lipinski definition) is 1. The van der Waals surface area contributed by atoms with Crippen LogP contribution in [0, 0.1) is 6.92 Å². The summed E-state index contributed by atoms with van der Waals surface area (Å²) in [5.74, 6) is 0.548. The van der Waals surface area contributed by atoms with Gasteiger partial charge in [0.1, 0.15) is 0 Å². The highest BCUT2D eigenvalue weighted by Gasteiger charge is 2.48. The molecule has 0 spiro atoms. The van der Waals surface area contributed by atoms with Crippen LogP contribution in [-0.2, 0) is 10.5 Å². The minimum absolute atomic E-state index is 0.246. The minimum Gasteiger partial charge on any atom is -0.336 e. The van der Waals surface area contributed by atoms with Gasteiger partial charge >= 0.3 is 6.03 Å². The van der Waals surface area contributed by atoms with E-state index in [-0.39, 0.29) is 11.9 Å². The number of rotatable bonds is 6. The molecule has 2 aliphatic heterocycles. The maximum atomic E-state index is 12.4. The number of urea groups is 1. The third kappa shape index (κ3) is 3.87. The van der Waals surface area contributed by atoms with Crippen molar-refractivity contribution >= 4 is 28.9 Å². The lowest BCUT2D eigenvalue weighted by molar-refractivity contribution is -0.127. The molecule has 2 heterocycles. The van der Waals surface area contributed by atoms with E-state index in [4.69, 9.17) is 4.99 Å². The molecule has 1 aromatic carbocycles. The quantitative estimate of drug-likeness (QED) is 0.778. The third-order valence-corrected chi connectivity index (χ3v) is 5.89. The van der Waals surface area contributed by atoms with E-state index in [9.17, 15) is 9.59 Å². The minimum atomic E-state index is -0.432. The number of unbranched alkanes of at least 4 members (excludes halogenated alkanes) is 2. The number of aliphatic imine (C=N–C) groups is 1. The van der Waals surface area contributed by atoms with E-state index in [1.54, 1.807) is 18.8 Å². The van der Waals surface area contributed by atoms with Gasteiger partial charge in [-0.15, -0.1) is 0 Å². The van der Waals surface area contributed by atoms with Crippen LogP contribution < -0.4 is 5.32 Å². The van der Waals surface area contributed by atoms with Crippen LogP contribution in [0.5, 0.6) is 0 Å². The molecule has 3 amide bonds. The van der Waals surface area contributed by atoms with Crippen molar-refractivity contribution < 1.29 is 9.59 Å². The number of benzene rings is 1. The molecule has 1 N–H and O–H groups in total. The number of imide groups is 1. The monoisotopic (exact) mass is 374 g/mol. The zero-order chi connectivity index (χ0) is 18.7. The fourth-order valence-corrected chi connectivity index (χ4v) is 4.26. The lowest BCUT2D eigenvalue weighted by Crippen LogP contribution is -2.63. The summed E-state index contributed by atoms with van der Waals surface area (Å²) in [5.41, 5.74) is 2.46. The maximum absolute atomic E-state index is 12.4. The van der Waals surface area contributed by atoms with Gasteiger partial charge in [0.25, 0.3) is 5.91 Å². The first-order valence-electron chi connectivity index (χ1n) is 9.11. The molecule has 2 atom stereocenters. The SMILES string of the molecule is CCCCCN1C(SCc2ccc(C)cc2)=NC2C1C(=O)NC(=O)N2C. The number of carbonyl (C=O) groups is 2. The molecule has 26 heavy (non-hydrogen) atoms. The summed E-state index contributed by atoms with van der Waals surface area (Å²) in [6.45, 7) is 5.02. The first-order chi connectivity index (χ1) is 12.5. The highest BCUT2D eigenvalue weighted by Crippen LogP contribution is 2.30. The summed E-state index contributed by atoms with van der Waals surface area (Å²) in [6.07, 6.45) is 2.81. The van der Waals surface area contributed by atoms with Crippen molar-refractivity contribution in [1.82, 2.24) is 15.1 Å². The summed E-state index contributed by atoms with van der Waals surface area (Å²) in [4.78, 5) is 32.7. The second-order valence-electron chi connectivity index (χ2n) is 6.85. The summed E-state index contributed by atoms with van der Waals surface area (Å²) < 4.78 is 0. The molecular weight excluding hydrogens is 348 g/mol. The van der Waals surface area contributed by atoms with Crippen molar-refractivity contribution in [2.75, 3.05) is 13.6 Å². The van der Waals surface area contributed by atoms with Gasteiger partial charge in [-0.25, -0.2) is 9.79 Å². The molecule has 2 aliphatic rings. The average Bonchev–Trinajstić information content (AvgIpc) is 2.99. The van der Waals surface area contributed by atoms with Crippen molar-refractivity contribution in [3.8, 4) is 0 Å². The Morgan fingerprint density at radius 1 is 1.19 bits per heavy atom. The van der Waals surface area contributed by atoms with Gasteiger partial charge in [-0.05, 0) is 18.9 Å². The number of fused-ring (bicyclic) bond motifs is 1. The largest absolute Gasteiger partial charge is 0.336 e. The molecule has 140 valence electrons. The Balaban J connectivity index is 1.76. The Bertz CT molecular complexity index is 704. The predicted molar refractivity (Wildman–Crippen MR) is 105 cm³/mol. The van der Waals surface area contributed by atoms with E-state index in [1.807, 2.05) is 0 Å². The molecule has 6 nitrogen and oxygen atoms in total. The van der Waals surface area contributed by atoms with E-state index < -0.39 is 12.2 Å². The third-order valence-electron chi connectivity index (χ3n) is 4.81. The number of nitrogens with zero attached hydrogens (tertiary/aromatic N) is 3. The van der Waals surface area contributed by atoms with Crippen molar-refractivity contribution in [3.63, 3.8) is 0 Å². The summed E-state index contributed by atoms with van der Waals surface area (Å²) in [6, 6.07) is 7.65. The van der Waals surface area contributed by atoms with Crippen LogP contribution in [-0.4, -0.2) is 52.7 Å². The molecule has 1 fully saturated rings. The molecule has 0 bridgehead atoms. The fourth-order valence-electron chi connectivity index (χ4n) is 3.22. The molecular formula is C19H26N4O2S. The first-order valence-corrected chi connectivity index (χ1v) is 10.1. The summed E-state index contributed by atoms with van der Waals surface area (Å²) in [7, 11) is 1.70. The molecule has 2 unspecified atom stereocenters. The van der Waals surface area contributed by atoms with Gasteiger partial charge in [0, 0.05) is 19.3 Å². The Kier molecular flexibility index (Phi) is 5.86. The van der Waals surface area contributed by atoms with E-state index in [1.165, 1.54) is 16.0 Å². The Morgan fingerprint density at radius 3 is 2.62 bits per heavy atom. The van der Waals surface area contributed by atoms with Gasteiger partial charge in [-0.1, -0.05) is 61.4 Å². The zero-order valence-electron chi connectivity index (χ0n) is 15.6. The van der Waals surface area contributed by atoms with Gasteiger partial charge in [-0.3, -0.25) is 10.1 Å². The number of nitrogens with one attached hydrogen (secondary N) is 1. The van der Waals surface area contributed by atoms with Crippen LogP contribution in [0.3, 0.4) is 0 Å². The van der Waals surface area contributed by atoms with Gasteiger partial charge in [0.05, 0.1) is 0 Å². The van der Waals surface area contributed by atoms with Gasteiger partial charge in [-0.2, -0.15) is 0 Å². The number of carbonyl (C=O) groups excluding carboxylic acids is 2. The lowest BCUT2D eigenvalue weighted by Gasteiger charge is -2.36. The van der Waals surface area contributed by atoms with Gasteiger partial charge in [0.2, 0.25) is 0 Å². The van der Waals surface area contributed by atoms with Crippen molar-refractivity contribution in [3.05, 3.63) is 35.4 Å². The molecule has 1 saturated heterocycles. The summed E-state index contributed by atoms with van der Waals surface area (Å²) >= 11 is 1.64. The Labute approximate surface area is 159 Å². The van der Waals surface area contributed by atoms with E-state index in [0.29, 0.717) is 0 Å². The van der Waals surface area contributed by atoms with Crippen LogP contribution in [0.1, 0.15) is 37.3 Å². The number of hydrogen-bond acceptors (Lipinski definition) is 5. The predicted octanol–water partition coefficient (Wildman–Crippen LogP) is 2.97. The average molecular weight is 375 g/mol. The Hall–Kier alpha value is -2.02. The van der Waals surface area contributed by atoms with Gasteiger partial charge < -0.3 is 9.80 Å². The second kappa shape index (κ2) is 8.12. The van der Waals surface area contributed by atoms with E-state index in [2.05, 4.69) is 48.3 Å². The maximum Gasteiger partial charge on any atom is 0.325 e. The molecule has 0 aromatic heterocycles. The normalized spacial score (nSPS) is 22.3. The van der Waals surface area contributed by atoms with Crippen LogP contribution >= 0.6 is 11.8 Å². The highest BCUT2D eigenvalue weighted by molar-refractivity contribution is 8.13. The van der Waals surface area contributed by atoms with E-state index in [0.717, 1.165) is 36.7 Å². The number of aryl methyl sites for hydroxylation is 1. The fraction of sp³-hybridized carbons (Fsp3) is 0.526. The van der Waals surface area contributed by atoms with Crippen LogP contribution in [0.2, 0.25) is 0 Å². The van der Waals surface area contributed by atoms with Crippen molar-refractivity contribution in [2.45, 2.75) is 51.1 Å². The Morgan fingerprint density at radius 2 is 1.92 bits per heavy atom. The van der Waals surface area contributed by atoms with Crippen molar-refractivity contribution in [1.29, 1.82) is 0 Å². The highest BCUT2D eigenvalue weighted by atomic mass is 32.2. The zero-order valence-corrected chi connectivity index (χ0v) is 16.4. The van der Waals surface area contributed by atoms with E-state index >= 15 is 0 Å². The molecule has 7 heteroatoms. The second-order valence-corrected chi connectivity index (χ2v) is 7.79. The topological polar surface area (TPSA) is 65.0 Å². The van der Waals surface area contributed by atoms with Crippen molar-refractivity contribution in [2.24, 2.45) is 4.99 Å². The molecule has 0 saturated carbocycles. The lowest BCUT2D eigenvalue weighted by atomic mass is 10.1. The summed E-state index contributed by atoms with van der Waals surface area (Å²) in [5, 5.41) is 3.30. The standard InChI is InChI=1S/C19H26N4O2S/c1-4-5-6-11-23-15-16(22(3)18(25)21-17(15)24)20-19(23)26-12-14-9-7-13(2)8-10-14/h7-10,15-16H,4-6,11-12H2,1-3H3,(H,21,24,25). The number of amides is 3. The molecule has 1 aromatic rings. The number of amidine groups is 1. The number of thioether (sulfide) groups is 1. The van der Waals surface area contributed by atoms with Crippen LogP contribution in [0.25, 0.3) is 0 Å². The molecule has 0 aliphatic carbocycles. The molecule has 0 radical (unpaired) electrons. The van der Waals surface area contributed by atoms with Crippen LogP contribution in [0.4, 0.5) is 4.79 Å². The number of likely N-dealkylation sites (N-methyl/N-ethyl adjacent to an activating group) is 1. The van der Waals surface area contributed by atoms with Crippen LogP contribution in [0.15, 0.2) is 29.3 Å². The molecule has 3 rings (SSSR count). The van der Waals surface area contributed by atoms with Gasteiger partial charge in [0.15, 0.2) is 17.4 Å². The smallest absolute Gasteiger partial charge is 0.325 e. The first kappa shape index (κ1) is 18.8.